The maximum Gasteiger partial charge on any atom is 0.337 e. The van der Waals surface area contributed by atoms with Gasteiger partial charge in [0.15, 0.2) is 0 Å². The van der Waals surface area contributed by atoms with Crippen molar-refractivity contribution in [3.63, 3.8) is 0 Å². The molecule has 0 aromatic heterocycles. The van der Waals surface area contributed by atoms with Crippen LogP contribution in [-0.4, -0.2) is 37.4 Å². The lowest BCUT2D eigenvalue weighted by atomic mass is 10.1. The number of hydrogen-bond donors (Lipinski definition) is 1. The Balaban J connectivity index is 2.13. The van der Waals surface area contributed by atoms with Crippen LogP contribution in [0.15, 0.2) is 18.2 Å². The molecule has 1 heterocycles. The van der Waals surface area contributed by atoms with E-state index in [2.05, 4.69) is 0 Å². The van der Waals surface area contributed by atoms with Gasteiger partial charge in [-0.15, -0.1) is 0 Å². The molecule has 1 saturated heterocycles. The lowest BCUT2D eigenvalue weighted by Gasteiger charge is -2.29. The molecule has 5 heteroatoms. The van der Waals surface area contributed by atoms with E-state index >= 15 is 0 Å². The summed E-state index contributed by atoms with van der Waals surface area (Å²) in [5, 5.41) is 9.66. The zero-order valence-electron chi connectivity index (χ0n) is 10.9. The van der Waals surface area contributed by atoms with E-state index in [-0.39, 0.29) is 11.7 Å². The Labute approximate surface area is 117 Å². The van der Waals surface area contributed by atoms with Crippen molar-refractivity contribution in [2.45, 2.75) is 25.4 Å². The normalized spacial score (nSPS) is 19.2. The van der Waals surface area contributed by atoms with Crippen molar-refractivity contribution < 1.29 is 14.6 Å². The van der Waals surface area contributed by atoms with E-state index in [9.17, 15) is 9.90 Å². The molecule has 1 aromatic carbocycles. The third-order valence-electron chi connectivity index (χ3n) is 3.35. The molecule has 1 atom stereocenters. The van der Waals surface area contributed by atoms with Crippen LogP contribution < -0.4 is 4.90 Å². The molecule has 0 aliphatic carbocycles. The van der Waals surface area contributed by atoms with Crippen molar-refractivity contribution in [2.24, 2.45) is 0 Å². The smallest absolute Gasteiger partial charge is 0.337 e. The molecule has 104 valence electrons. The van der Waals surface area contributed by atoms with Gasteiger partial charge in [-0.25, -0.2) is 4.79 Å². The minimum absolute atomic E-state index is 0.177. The fraction of sp³-hybridized carbons (Fsp3) is 0.500. The number of likely N-dealkylation sites (N-methyl/N-ethyl adjacent to an activating group) is 1. The van der Waals surface area contributed by atoms with Crippen molar-refractivity contribution in [1.82, 2.24) is 0 Å². The van der Waals surface area contributed by atoms with E-state index in [1.54, 1.807) is 12.1 Å². The van der Waals surface area contributed by atoms with Gasteiger partial charge in [0.25, 0.3) is 0 Å². The molecule has 0 radical (unpaired) electrons. The number of rotatable bonds is 4. The molecule has 2 rings (SSSR count). The lowest BCUT2D eigenvalue weighted by molar-refractivity contribution is 0.0215. The zero-order chi connectivity index (χ0) is 13.8. The number of carboxylic acids is 1. The highest BCUT2D eigenvalue weighted by atomic mass is 35.5. The maximum atomic E-state index is 11.3. The Kier molecular flexibility index (Phi) is 4.66. The lowest BCUT2D eigenvalue weighted by Crippen LogP contribution is -2.34. The summed E-state index contributed by atoms with van der Waals surface area (Å²) in [6.07, 6.45) is 3.49. The number of aromatic carboxylic acids is 1. The summed E-state index contributed by atoms with van der Waals surface area (Å²) >= 11 is 5.85. The predicted molar refractivity (Wildman–Crippen MR) is 75.3 cm³/mol. The standard InChI is InChI=1S/C14H18ClNO3/c1-16(9-11-4-2-3-7-19-11)13-6-5-10(15)8-12(13)14(17)18/h5-6,8,11H,2-4,7,9H2,1H3,(H,17,18). The van der Waals surface area contributed by atoms with Gasteiger partial charge >= 0.3 is 5.97 Å². The number of carboxylic acid groups (broad SMARTS) is 1. The third-order valence-corrected chi connectivity index (χ3v) is 3.59. The van der Waals surface area contributed by atoms with Crippen molar-refractivity contribution >= 4 is 23.3 Å². The van der Waals surface area contributed by atoms with E-state index < -0.39 is 5.97 Å². The highest BCUT2D eigenvalue weighted by molar-refractivity contribution is 6.31. The number of anilines is 1. The summed E-state index contributed by atoms with van der Waals surface area (Å²) in [6.45, 7) is 1.49. The third kappa shape index (κ3) is 3.61. The minimum atomic E-state index is -0.964. The molecular weight excluding hydrogens is 266 g/mol. The second kappa shape index (κ2) is 6.26. The monoisotopic (exact) mass is 283 g/mol. The molecule has 1 aliphatic rings. The first-order valence-corrected chi connectivity index (χ1v) is 6.81. The van der Waals surface area contributed by atoms with Crippen LogP contribution in [0.5, 0.6) is 0 Å². The molecule has 19 heavy (non-hydrogen) atoms. The minimum Gasteiger partial charge on any atom is -0.478 e. The Hall–Kier alpha value is -1.26. The highest BCUT2D eigenvalue weighted by Gasteiger charge is 2.19. The average molecular weight is 284 g/mol. The molecular formula is C14H18ClNO3. The van der Waals surface area contributed by atoms with Gasteiger partial charge in [0.05, 0.1) is 17.4 Å². The highest BCUT2D eigenvalue weighted by Crippen LogP contribution is 2.25. The number of benzene rings is 1. The largest absolute Gasteiger partial charge is 0.478 e. The number of halogens is 1. The summed E-state index contributed by atoms with van der Waals surface area (Å²) in [5.74, 6) is -0.964. The summed E-state index contributed by atoms with van der Waals surface area (Å²) in [5.41, 5.74) is 0.900. The van der Waals surface area contributed by atoms with Crippen LogP contribution in [0, 0.1) is 0 Å². The quantitative estimate of drug-likeness (QED) is 0.923. The second-order valence-corrected chi connectivity index (χ2v) is 5.27. The van der Waals surface area contributed by atoms with E-state index in [0.717, 1.165) is 19.4 Å². The van der Waals surface area contributed by atoms with Gasteiger partial charge in [0, 0.05) is 25.2 Å². The van der Waals surface area contributed by atoms with E-state index in [1.165, 1.54) is 12.5 Å². The Morgan fingerprint density at radius 1 is 1.53 bits per heavy atom. The van der Waals surface area contributed by atoms with Crippen LogP contribution in [0.1, 0.15) is 29.6 Å². The fourth-order valence-electron chi connectivity index (χ4n) is 2.37. The van der Waals surface area contributed by atoms with Crippen molar-refractivity contribution in [3.05, 3.63) is 28.8 Å². The van der Waals surface area contributed by atoms with Crippen LogP contribution in [0.4, 0.5) is 5.69 Å². The Morgan fingerprint density at radius 3 is 2.95 bits per heavy atom. The van der Waals surface area contributed by atoms with E-state index in [1.807, 2.05) is 11.9 Å². The Morgan fingerprint density at radius 2 is 2.32 bits per heavy atom. The van der Waals surface area contributed by atoms with Gasteiger partial charge in [0.1, 0.15) is 0 Å². The molecule has 1 aromatic rings. The number of ether oxygens (including phenoxy) is 1. The molecule has 1 aliphatic heterocycles. The van der Waals surface area contributed by atoms with Gasteiger partial charge in [-0.2, -0.15) is 0 Å². The molecule has 0 amide bonds. The van der Waals surface area contributed by atoms with Crippen LogP contribution >= 0.6 is 11.6 Å². The van der Waals surface area contributed by atoms with Gasteiger partial charge in [-0.1, -0.05) is 11.6 Å². The van der Waals surface area contributed by atoms with Crippen molar-refractivity contribution in [1.29, 1.82) is 0 Å². The zero-order valence-corrected chi connectivity index (χ0v) is 11.7. The first-order chi connectivity index (χ1) is 9.08. The van der Waals surface area contributed by atoms with Crippen molar-refractivity contribution in [2.75, 3.05) is 25.1 Å². The topological polar surface area (TPSA) is 49.8 Å². The van der Waals surface area contributed by atoms with Gasteiger partial charge in [-0.05, 0) is 37.5 Å². The molecule has 1 N–H and O–H groups in total. The molecule has 0 bridgehead atoms. The summed E-state index contributed by atoms with van der Waals surface area (Å²) in [7, 11) is 1.88. The van der Waals surface area contributed by atoms with Crippen LogP contribution in [0.2, 0.25) is 5.02 Å². The van der Waals surface area contributed by atoms with Crippen LogP contribution in [0.25, 0.3) is 0 Å². The number of hydrogen-bond acceptors (Lipinski definition) is 3. The first-order valence-electron chi connectivity index (χ1n) is 6.43. The van der Waals surface area contributed by atoms with Crippen LogP contribution in [-0.2, 0) is 4.74 Å². The molecule has 1 fully saturated rings. The number of carbonyl (C=O) groups is 1. The number of nitrogens with zero attached hydrogens (tertiary/aromatic N) is 1. The molecule has 4 nitrogen and oxygen atoms in total. The van der Waals surface area contributed by atoms with E-state index in [4.69, 9.17) is 16.3 Å². The van der Waals surface area contributed by atoms with Gasteiger partial charge in [0.2, 0.25) is 0 Å². The summed E-state index contributed by atoms with van der Waals surface area (Å²) in [4.78, 5) is 13.2. The van der Waals surface area contributed by atoms with E-state index in [0.29, 0.717) is 17.3 Å². The summed E-state index contributed by atoms with van der Waals surface area (Å²) in [6, 6.07) is 4.94. The fourth-order valence-corrected chi connectivity index (χ4v) is 2.54. The summed E-state index contributed by atoms with van der Waals surface area (Å²) < 4.78 is 5.68. The molecule has 1 unspecified atom stereocenters. The van der Waals surface area contributed by atoms with Crippen molar-refractivity contribution in [3.8, 4) is 0 Å². The SMILES string of the molecule is CN(CC1CCCCO1)c1ccc(Cl)cc1C(=O)O. The molecule has 0 spiro atoms. The first kappa shape index (κ1) is 14.2. The van der Waals surface area contributed by atoms with Crippen LogP contribution in [0.3, 0.4) is 0 Å². The average Bonchev–Trinajstić information content (AvgIpc) is 2.39. The van der Waals surface area contributed by atoms with Gasteiger partial charge < -0.3 is 14.7 Å². The predicted octanol–water partition coefficient (Wildman–Crippen LogP) is 3.04. The van der Waals surface area contributed by atoms with Gasteiger partial charge in [-0.3, -0.25) is 0 Å². The second-order valence-electron chi connectivity index (χ2n) is 4.84. The maximum absolute atomic E-state index is 11.3. The molecule has 0 saturated carbocycles. The Bertz CT molecular complexity index is 458.